The molecule has 0 radical (unpaired) electrons. The lowest BCUT2D eigenvalue weighted by molar-refractivity contribution is -0.125. The Labute approximate surface area is 165 Å². The van der Waals surface area contributed by atoms with E-state index >= 15 is 0 Å². The van der Waals surface area contributed by atoms with Gasteiger partial charge < -0.3 is 15.0 Å². The molecule has 0 unspecified atom stereocenters. The molecule has 3 amide bonds. The van der Waals surface area contributed by atoms with Gasteiger partial charge in [0.05, 0.1) is 5.69 Å². The van der Waals surface area contributed by atoms with E-state index in [0.717, 1.165) is 58.0 Å². The highest BCUT2D eigenvalue weighted by molar-refractivity contribution is 6.04. The Kier molecular flexibility index (Phi) is 5.50. The summed E-state index contributed by atoms with van der Waals surface area (Å²) < 4.78 is 5.51. The van der Waals surface area contributed by atoms with Crippen molar-refractivity contribution in [1.82, 2.24) is 10.2 Å². The number of carbonyl (C=O) groups is 3. The summed E-state index contributed by atoms with van der Waals surface area (Å²) in [4.78, 5) is 41.0. The zero-order chi connectivity index (χ0) is 19.5. The quantitative estimate of drug-likeness (QED) is 0.861. The Balaban J connectivity index is 1.51. The third kappa shape index (κ3) is 3.98. The number of anilines is 1. The number of fused-ring (bicyclic) bond motifs is 1. The maximum Gasteiger partial charge on any atom is 0.265 e. The van der Waals surface area contributed by atoms with E-state index in [1.54, 1.807) is 18.2 Å². The van der Waals surface area contributed by atoms with Crippen LogP contribution >= 0.6 is 0 Å². The van der Waals surface area contributed by atoms with Gasteiger partial charge in [0.2, 0.25) is 5.91 Å². The van der Waals surface area contributed by atoms with Crippen LogP contribution in [0.5, 0.6) is 5.75 Å². The summed E-state index contributed by atoms with van der Waals surface area (Å²) in [5.41, 5.74) is 1.03. The Morgan fingerprint density at radius 1 is 1.07 bits per heavy atom. The van der Waals surface area contributed by atoms with Gasteiger partial charge in [0.1, 0.15) is 12.3 Å². The molecule has 7 nitrogen and oxygen atoms in total. The summed E-state index contributed by atoms with van der Waals surface area (Å²) in [6.07, 6.45) is 7.44. The normalized spacial score (nSPS) is 19.9. The monoisotopic (exact) mass is 385 g/mol. The molecule has 0 spiro atoms. The van der Waals surface area contributed by atoms with Crippen molar-refractivity contribution >= 4 is 23.4 Å². The zero-order valence-electron chi connectivity index (χ0n) is 16.1. The lowest BCUT2D eigenvalue weighted by Crippen LogP contribution is -2.47. The molecular formula is C21H27N3O4. The third-order valence-corrected chi connectivity index (χ3v) is 5.81. The van der Waals surface area contributed by atoms with Gasteiger partial charge in [0, 0.05) is 24.7 Å². The number of piperidine rings is 1. The van der Waals surface area contributed by atoms with Gasteiger partial charge in [0.25, 0.3) is 11.8 Å². The van der Waals surface area contributed by atoms with Gasteiger partial charge in [-0.25, -0.2) is 0 Å². The summed E-state index contributed by atoms with van der Waals surface area (Å²) in [5.74, 6) is 0.0665. The smallest absolute Gasteiger partial charge is 0.265 e. The van der Waals surface area contributed by atoms with E-state index in [4.69, 9.17) is 4.74 Å². The second-order valence-corrected chi connectivity index (χ2v) is 7.85. The van der Waals surface area contributed by atoms with Crippen molar-refractivity contribution in [2.24, 2.45) is 0 Å². The molecule has 3 aliphatic rings. The Bertz CT molecular complexity index is 767. The summed E-state index contributed by atoms with van der Waals surface area (Å²) in [7, 11) is 0. The highest BCUT2D eigenvalue weighted by atomic mass is 16.5. The van der Waals surface area contributed by atoms with Crippen molar-refractivity contribution in [3.05, 3.63) is 23.8 Å². The number of nitrogens with one attached hydrogen (secondary N) is 1. The fraction of sp³-hybridized carbons (Fsp3) is 0.571. The number of ether oxygens (including phenoxy) is 1. The van der Waals surface area contributed by atoms with Crippen LogP contribution in [0.4, 0.5) is 5.69 Å². The van der Waals surface area contributed by atoms with Crippen LogP contribution in [0.15, 0.2) is 18.2 Å². The van der Waals surface area contributed by atoms with Gasteiger partial charge >= 0.3 is 0 Å². The fourth-order valence-electron chi connectivity index (χ4n) is 4.28. The molecule has 2 aliphatic heterocycles. The first-order valence-corrected chi connectivity index (χ1v) is 10.3. The van der Waals surface area contributed by atoms with Crippen LogP contribution in [0.25, 0.3) is 0 Å². The molecule has 1 saturated carbocycles. The first-order valence-electron chi connectivity index (χ1n) is 10.3. The molecule has 0 bridgehead atoms. The molecule has 1 aliphatic carbocycles. The van der Waals surface area contributed by atoms with E-state index in [1.165, 1.54) is 4.90 Å². The Hall–Kier alpha value is -2.57. The zero-order valence-corrected chi connectivity index (χ0v) is 16.1. The number of likely N-dealkylation sites (tertiary alicyclic amines) is 1. The molecule has 1 saturated heterocycles. The first kappa shape index (κ1) is 18.8. The third-order valence-electron chi connectivity index (χ3n) is 5.81. The molecule has 1 aromatic carbocycles. The second kappa shape index (κ2) is 8.20. The molecule has 0 atom stereocenters. The van der Waals surface area contributed by atoms with Crippen molar-refractivity contribution in [1.29, 1.82) is 0 Å². The van der Waals surface area contributed by atoms with Gasteiger partial charge in [0.15, 0.2) is 6.61 Å². The fourth-order valence-corrected chi connectivity index (χ4v) is 4.28. The highest BCUT2D eigenvalue weighted by Crippen LogP contribution is 2.33. The number of benzene rings is 1. The lowest BCUT2D eigenvalue weighted by atomic mass is 10.1. The number of hydrogen-bond donors (Lipinski definition) is 1. The number of amides is 3. The van der Waals surface area contributed by atoms with Crippen molar-refractivity contribution in [3.63, 3.8) is 0 Å². The molecule has 1 N–H and O–H groups in total. The summed E-state index contributed by atoms with van der Waals surface area (Å²) in [6.45, 7) is 1.38. The van der Waals surface area contributed by atoms with E-state index < -0.39 is 0 Å². The molecule has 2 heterocycles. The molecular weight excluding hydrogens is 358 g/mol. The van der Waals surface area contributed by atoms with E-state index in [1.807, 2.05) is 4.90 Å². The number of rotatable bonds is 4. The molecule has 4 rings (SSSR count). The molecule has 2 fully saturated rings. The van der Waals surface area contributed by atoms with Crippen LogP contribution in [0, 0.1) is 0 Å². The summed E-state index contributed by atoms with van der Waals surface area (Å²) in [5, 5.41) is 3.02. The highest BCUT2D eigenvalue weighted by Gasteiger charge is 2.30. The Morgan fingerprint density at radius 2 is 1.82 bits per heavy atom. The average Bonchev–Trinajstić information content (AvgIpc) is 3.23. The van der Waals surface area contributed by atoms with Crippen molar-refractivity contribution in [2.45, 2.75) is 51.0 Å². The Morgan fingerprint density at radius 3 is 2.57 bits per heavy atom. The largest absolute Gasteiger partial charge is 0.482 e. The average molecular weight is 385 g/mol. The molecule has 0 aromatic heterocycles. The maximum absolute atomic E-state index is 12.8. The van der Waals surface area contributed by atoms with Crippen LogP contribution in [0.3, 0.4) is 0 Å². The van der Waals surface area contributed by atoms with Gasteiger partial charge in [-0.15, -0.1) is 0 Å². The van der Waals surface area contributed by atoms with Gasteiger partial charge in [-0.1, -0.05) is 12.8 Å². The summed E-state index contributed by atoms with van der Waals surface area (Å²) >= 11 is 0. The van der Waals surface area contributed by atoms with Crippen LogP contribution in [-0.2, 0) is 9.59 Å². The number of nitrogens with zero attached hydrogens (tertiary/aromatic N) is 2. The predicted octanol–water partition coefficient (Wildman–Crippen LogP) is 2.10. The molecule has 7 heteroatoms. The van der Waals surface area contributed by atoms with Gasteiger partial charge in [-0.3, -0.25) is 19.3 Å². The van der Waals surface area contributed by atoms with Gasteiger partial charge in [-0.05, 0) is 50.3 Å². The van der Waals surface area contributed by atoms with E-state index in [0.29, 0.717) is 17.0 Å². The minimum absolute atomic E-state index is 0.0316. The topological polar surface area (TPSA) is 79.0 Å². The van der Waals surface area contributed by atoms with Crippen LogP contribution < -0.4 is 15.0 Å². The minimum atomic E-state index is -0.267. The SMILES string of the molecule is O=C(CN1C(=O)COc2ccc(C(=O)N3CCCCC3)cc21)NC1CCCC1. The molecule has 150 valence electrons. The van der Waals surface area contributed by atoms with Gasteiger partial charge in [-0.2, -0.15) is 0 Å². The van der Waals surface area contributed by atoms with Crippen molar-refractivity contribution in [3.8, 4) is 5.75 Å². The lowest BCUT2D eigenvalue weighted by Gasteiger charge is -2.31. The maximum atomic E-state index is 12.8. The number of carbonyl (C=O) groups excluding carboxylic acids is 3. The van der Waals surface area contributed by atoms with E-state index in [2.05, 4.69) is 5.32 Å². The second-order valence-electron chi connectivity index (χ2n) is 7.85. The number of hydrogen-bond acceptors (Lipinski definition) is 4. The van der Waals surface area contributed by atoms with Crippen molar-refractivity contribution < 1.29 is 19.1 Å². The van der Waals surface area contributed by atoms with E-state index in [-0.39, 0.29) is 36.9 Å². The molecule has 28 heavy (non-hydrogen) atoms. The minimum Gasteiger partial charge on any atom is -0.482 e. The summed E-state index contributed by atoms with van der Waals surface area (Å²) in [6, 6.07) is 5.35. The van der Waals surface area contributed by atoms with Crippen molar-refractivity contribution in [2.75, 3.05) is 31.1 Å². The van der Waals surface area contributed by atoms with E-state index in [9.17, 15) is 14.4 Å². The van der Waals surface area contributed by atoms with Crippen LogP contribution in [0.1, 0.15) is 55.3 Å². The standard InChI is InChI=1S/C21H27N3O4/c25-19(22-16-6-2-3-7-16)13-24-17-12-15(8-9-18(17)28-14-20(24)26)21(27)23-10-4-1-5-11-23/h8-9,12,16H,1-7,10-11,13-14H2,(H,22,25). The molecule has 1 aromatic rings. The van der Waals surface area contributed by atoms with Crippen LogP contribution in [-0.4, -0.2) is 54.9 Å². The van der Waals surface area contributed by atoms with Crippen LogP contribution in [0.2, 0.25) is 0 Å². The predicted molar refractivity (Wildman–Crippen MR) is 104 cm³/mol. The first-order chi connectivity index (χ1) is 13.6.